The Morgan fingerprint density at radius 1 is 0.714 bits per heavy atom. The largest absolute Gasteiger partial charge is 0.470 e. The van der Waals surface area contributed by atoms with Gasteiger partial charge in [0.25, 0.3) is 0 Å². The van der Waals surface area contributed by atoms with E-state index in [0.717, 1.165) is 12.8 Å². The Kier molecular flexibility index (Phi) is 20.3. The van der Waals surface area contributed by atoms with Crippen molar-refractivity contribution in [2.45, 2.75) is 116 Å². The smallest absolute Gasteiger partial charge is 0.394 e. The first-order chi connectivity index (χ1) is 13.5. The van der Waals surface area contributed by atoms with Gasteiger partial charge < -0.3 is 19.6 Å². The summed E-state index contributed by atoms with van der Waals surface area (Å²) >= 11 is 0. The molecular formula is C21H45O6P. The third-order valence-electron chi connectivity index (χ3n) is 4.94. The summed E-state index contributed by atoms with van der Waals surface area (Å²) < 4.78 is 20.4. The van der Waals surface area contributed by atoms with Crippen molar-refractivity contribution in [2.75, 3.05) is 19.8 Å². The molecule has 0 aromatic carbocycles. The Morgan fingerprint density at radius 2 is 1.11 bits per heavy atom. The standard InChI is InChI=1S/C21H45O6P/c1-2-3-4-5-6-7-8-9-10-11-12-13-14-15-16-17-18-26-20-21(19-22)27-28(23,24)25/h21-22H,2-20H2,1H3,(H2,23,24,25). The van der Waals surface area contributed by atoms with Crippen molar-refractivity contribution in [3.8, 4) is 0 Å². The van der Waals surface area contributed by atoms with E-state index in [-0.39, 0.29) is 6.61 Å². The number of hydrogen-bond donors (Lipinski definition) is 3. The molecule has 0 fully saturated rings. The van der Waals surface area contributed by atoms with Crippen LogP contribution in [0, 0.1) is 0 Å². The fourth-order valence-electron chi connectivity index (χ4n) is 3.28. The van der Waals surface area contributed by atoms with Crippen LogP contribution in [0.5, 0.6) is 0 Å². The molecule has 0 spiro atoms. The van der Waals surface area contributed by atoms with Crippen LogP contribution in [0.15, 0.2) is 0 Å². The molecule has 0 aliphatic heterocycles. The van der Waals surface area contributed by atoms with Crippen LogP contribution in [-0.4, -0.2) is 40.8 Å². The predicted octanol–water partition coefficient (Wildman–Crippen LogP) is 5.73. The molecule has 0 radical (unpaired) electrons. The zero-order valence-electron chi connectivity index (χ0n) is 18.0. The number of phosphoric acid groups is 1. The predicted molar refractivity (Wildman–Crippen MR) is 114 cm³/mol. The maximum absolute atomic E-state index is 10.7. The average Bonchev–Trinajstić information content (AvgIpc) is 2.65. The molecule has 170 valence electrons. The minimum absolute atomic E-state index is 0.000347. The first-order valence-electron chi connectivity index (χ1n) is 11.4. The monoisotopic (exact) mass is 424 g/mol. The summed E-state index contributed by atoms with van der Waals surface area (Å²) in [4.78, 5) is 17.4. The molecule has 0 saturated carbocycles. The minimum Gasteiger partial charge on any atom is -0.394 e. The highest BCUT2D eigenvalue weighted by molar-refractivity contribution is 7.46. The second kappa shape index (κ2) is 20.3. The molecule has 3 N–H and O–H groups in total. The molecule has 0 heterocycles. The summed E-state index contributed by atoms with van der Waals surface area (Å²) in [6.45, 7) is 2.32. The van der Waals surface area contributed by atoms with Gasteiger partial charge in [-0.1, -0.05) is 103 Å². The molecular weight excluding hydrogens is 379 g/mol. The fraction of sp³-hybridized carbons (Fsp3) is 1.00. The summed E-state index contributed by atoms with van der Waals surface area (Å²) in [5, 5.41) is 8.98. The Morgan fingerprint density at radius 3 is 1.46 bits per heavy atom. The van der Waals surface area contributed by atoms with Gasteiger partial charge in [-0.15, -0.1) is 0 Å². The number of unbranched alkanes of at least 4 members (excludes halogenated alkanes) is 15. The van der Waals surface area contributed by atoms with Gasteiger partial charge >= 0.3 is 7.82 Å². The lowest BCUT2D eigenvalue weighted by Crippen LogP contribution is -2.23. The minimum atomic E-state index is -4.57. The zero-order valence-corrected chi connectivity index (χ0v) is 18.9. The molecule has 0 amide bonds. The molecule has 0 bridgehead atoms. The van der Waals surface area contributed by atoms with Crippen molar-refractivity contribution in [1.29, 1.82) is 0 Å². The summed E-state index contributed by atoms with van der Waals surface area (Å²) in [6.07, 6.45) is 20.1. The van der Waals surface area contributed by atoms with Crippen LogP contribution in [0.4, 0.5) is 0 Å². The van der Waals surface area contributed by atoms with Crippen LogP contribution >= 0.6 is 7.82 Å². The van der Waals surface area contributed by atoms with E-state index in [1.807, 2.05) is 0 Å². The van der Waals surface area contributed by atoms with Gasteiger partial charge in [0.2, 0.25) is 0 Å². The van der Waals surface area contributed by atoms with Crippen LogP contribution in [0.1, 0.15) is 110 Å². The number of ether oxygens (including phenoxy) is 1. The second-order valence-corrected chi connectivity index (χ2v) is 8.97. The molecule has 28 heavy (non-hydrogen) atoms. The highest BCUT2D eigenvalue weighted by atomic mass is 31.2. The number of hydrogen-bond acceptors (Lipinski definition) is 4. The Hall–Kier alpha value is 0.0300. The van der Waals surface area contributed by atoms with Crippen LogP contribution in [0.3, 0.4) is 0 Å². The maximum Gasteiger partial charge on any atom is 0.470 e. The number of aliphatic hydroxyl groups is 1. The highest BCUT2D eigenvalue weighted by Crippen LogP contribution is 2.37. The summed E-state index contributed by atoms with van der Waals surface area (Å²) in [5.74, 6) is 0. The lowest BCUT2D eigenvalue weighted by molar-refractivity contribution is 0.00414. The quantitative estimate of drug-likeness (QED) is 0.152. The van der Waals surface area contributed by atoms with Crippen molar-refractivity contribution >= 4 is 7.82 Å². The SMILES string of the molecule is CCCCCCCCCCCCCCCCCCOCC(CO)OP(=O)(O)O. The summed E-state index contributed by atoms with van der Waals surface area (Å²) in [7, 11) is -4.57. The van der Waals surface area contributed by atoms with E-state index in [2.05, 4.69) is 11.4 Å². The first-order valence-corrected chi connectivity index (χ1v) is 12.9. The van der Waals surface area contributed by atoms with E-state index in [4.69, 9.17) is 19.6 Å². The molecule has 1 atom stereocenters. The Labute approximate surface area is 172 Å². The molecule has 0 aromatic rings. The van der Waals surface area contributed by atoms with Gasteiger partial charge in [0.05, 0.1) is 13.2 Å². The van der Waals surface area contributed by atoms with Crippen molar-refractivity contribution < 1.29 is 28.7 Å². The lowest BCUT2D eigenvalue weighted by atomic mass is 10.0. The van der Waals surface area contributed by atoms with Crippen LogP contribution < -0.4 is 0 Å². The highest BCUT2D eigenvalue weighted by Gasteiger charge is 2.21. The molecule has 0 aliphatic rings. The van der Waals surface area contributed by atoms with Crippen molar-refractivity contribution in [1.82, 2.24) is 0 Å². The Bertz CT molecular complexity index is 361. The van der Waals surface area contributed by atoms with E-state index in [1.54, 1.807) is 0 Å². The van der Waals surface area contributed by atoms with Gasteiger partial charge in [-0.05, 0) is 6.42 Å². The van der Waals surface area contributed by atoms with E-state index in [9.17, 15) is 4.57 Å². The van der Waals surface area contributed by atoms with E-state index in [0.29, 0.717) is 6.61 Å². The molecule has 1 unspecified atom stereocenters. The molecule has 6 nitrogen and oxygen atoms in total. The second-order valence-electron chi connectivity index (χ2n) is 7.78. The fourth-order valence-corrected chi connectivity index (χ4v) is 3.79. The van der Waals surface area contributed by atoms with Crippen molar-refractivity contribution in [2.24, 2.45) is 0 Å². The third-order valence-corrected chi connectivity index (χ3v) is 5.51. The summed E-state index contributed by atoms with van der Waals surface area (Å²) in [6, 6.07) is 0. The van der Waals surface area contributed by atoms with E-state index < -0.39 is 20.5 Å². The maximum atomic E-state index is 10.7. The molecule has 0 saturated heterocycles. The number of phosphoric ester groups is 1. The van der Waals surface area contributed by atoms with Crippen molar-refractivity contribution in [3.63, 3.8) is 0 Å². The van der Waals surface area contributed by atoms with Crippen LogP contribution in [0.25, 0.3) is 0 Å². The van der Waals surface area contributed by atoms with E-state index >= 15 is 0 Å². The third kappa shape index (κ3) is 22.3. The van der Waals surface area contributed by atoms with Crippen molar-refractivity contribution in [3.05, 3.63) is 0 Å². The zero-order chi connectivity index (χ0) is 20.9. The van der Waals surface area contributed by atoms with Gasteiger partial charge in [0.1, 0.15) is 6.10 Å². The molecule has 0 rings (SSSR count). The molecule has 7 heteroatoms. The normalized spacial score (nSPS) is 13.1. The van der Waals surface area contributed by atoms with Crippen LogP contribution in [-0.2, 0) is 13.8 Å². The van der Waals surface area contributed by atoms with Gasteiger partial charge in [-0.25, -0.2) is 4.57 Å². The first kappa shape index (κ1) is 28.0. The average molecular weight is 425 g/mol. The summed E-state index contributed by atoms with van der Waals surface area (Å²) in [5.41, 5.74) is 0. The molecule has 0 aliphatic carbocycles. The van der Waals surface area contributed by atoms with E-state index in [1.165, 1.54) is 89.9 Å². The number of rotatable bonds is 22. The van der Waals surface area contributed by atoms with Gasteiger partial charge in [-0.3, -0.25) is 4.52 Å². The van der Waals surface area contributed by atoms with Gasteiger partial charge in [0.15, 0.2) is 0 Å². The van der Waals surface area contributed by atoms with Gasteiger partial charge in [-0.2, -0.15) is 0 Å². The Balaban J connectivity index is 3.20. The van der Waals surface area contributed by atoms with Gasteiger partial charge in [0, 0.05) is 6.61 Å². The topological polar surface area (TPSA) is 96.2 Å². The lowest BCUT2D eigenvalue weighted by Gasteiger charge is -2.15. The molecule has 0 aromatic heterocycles. The number of aliphatic hydroxyl groups excluding tert-OH is 1. The van der Waals surface area contributed by atoms with Crippen LogP contribution in [0.2, 0.25) is 0 Å².